The first-order valence-corrected chi connectivity index (χ1v) is 7.59. The summed E-state index contributed by atoms with van der Waals surface area (Å²) >= 11 is 3.39. The Bertz CT molecular complexity index is 680. The summed E-state index contributed by atoms with van der Waals surface area (Å²) in [6.45, 7) is 3.42. The standard InChI is InChI=1S/C14H16BrN5O/c1-18-14(21)13(15)11(10-17-18)19-6-8-20(9-7-19)12-4-2-3-5-16-12/h2-5,10H,6-9H2,1H3. The van der Waals surface area contributed by atoms with Gasteiger partial charge in [0.2, 0.25) is 0 Å². The molecule has 0 N–H and O–H groups in total. The lowest BCUT2D eigenvalue weighted by molar-refractivity contribution is 0.636. The molecule has 6 nitrogen and oxygen atoms in total. The van der Waals surface area contributed by atoms with Crippen molar-refractivity contribution in [1.29, 1.82) is 0 Å². The Morgan fingerprint density at radius 2 is 1.86 bits per heavy atom. The van der Waals surface area contributed by atoms with Crippen LogP contribution in [-0.2, 0) is 7.05 Å². The molecule has 1 aliphatic rings. The van der Waals surface area contributed by atoms with Crippen molar-refractivity contribution in [2.75, 3.05) is 36.0 Å². The van der Waals surface area contributed by atoms with Gasteiger partial charge in [0.15, 0.2) is 0 Å². The minimum absolute atomic E-state index is 0.111. The van der Waals surface area contributed by atoms with Crippen molar-refractivity contribution in [3.8, 4) is 0 Å². The first-order chi connectivity index (χ1) is 10.2. The van der Waals surface area contributed by atoms with Gasteiger partial charge >= 0.3 is 0 Å². The Kier molecular flexibility index (Phi) is 3.92. The predicted molar refractivity (Wildman–Crippen MR) is 85.8 cm³/mol. The normalized spacial score (nSPS) is 15.3. The second kappa shape index (κ2) is 5.85. The topological polar surface area (TPSA) is 54.3 Å². The molecule has 0 aromatic carbocycles. The van der Waals surface area contributed by atoms with Gasteiger partial charge in [-0.15, -0.1) is 0 Å². The molecule has 3 rings (SSSR count). The second-order valence-corrected chi connectivity index (χ2v) is 5.73. The predicted octanol–water partition coefficient (Wildman–Crippen LogP) is 1.26. The number of halogens is 1. The third kappa shape index (κ3) is 2.78. The molecule has 0 saturated carbocycles. The van der Waals surface area contributed by atoms with Crippen molar-refractivity contribution in [3.63, 3.8) is 0 Å². The summed E-state index contributed by atoms with van der Waals surface area (Å²) in [5.74, 6) is 0.998. The summed E-state index contributed by atoms with van der Waals surface area (Å²) in [6, 6.07) is 5.93. The van der Waals surface area contributed by atoms with Crippen LogP contribution in [0.5, 0.6) is 0 Å². The number of hydrogen-bond donors (Lipinski definition) is 0. The molecule has 0 atom stereocenters. The molecule has 0 spiro atoms. The van der Waals surface area contributed by atoms with Crippen LogP contribution in [0.2, 0.25) is 0 Å². The fourth-order valence-corrected chi connectivity index (χ4v) is 3.05. The lowest BCUT2D eigenvalue weighted by Gasteiger charge is -2.36. The first-order valence-electron chi connectivity index (χ1n) is 6.79. The Morgan fingerprint density at radius 1 is 1.14 bits per heavy atom. The lowest BCUT2D eigenvalue weighted by Crippen LogP contribution is -2.47. The van der Waals surface area contributed by atoms with E-state index >= 15 is 0 Å². The summed E-state index contributed by atoms with van der Waals surface area (Å²) < 4.78 is 1.91. The van der Waals surface area contributed by atoms with Crippen LogP contribution in [0.3, 0.4) is 0 Å². The number of anilines is 2. The fourth-order valence-electron chi connectivity index (χ4n) is 2.44. The zero-order valence-electron chi connectivity index (χ0n) is 11.7. The van der Waals surface area contributed by atoms with Crippen LogP contribution in [0, 0.1) is 0 Å². The van der Waals surface area contributed by atoms with Gasteiger partial charge in [-0.25, -0.2) is 9.67 Å². The van der Waals surface area contributed by atoms with E-state index in [1.54, 1.807) is 13.2 Å². The molecular weight excluding hydrogens is 334 g/mol. The minimum atomic E-state index is -0.111. The molecule has 1 aliphatic heterocycles. The minimum Gasteiger partial charge on any atom is -0.366 e. The smallest absolute Gasteiger partial charge is 0.282 e. The molecular formula is C14H16BrN5O. The molecule has 21 heavy (non-hydrogen) atoms. The van der Waals surface area contributed by atoms with E-state index in [1.807, 2.05) is 24.4 Å². The van der Waals surface area contributed by atoms with Crippen LogP contribution < -0.4 is 15.4 Å². The van der Waals surface area contributed by atoms with E-state index in [0.29, 0.717) is 4.47 Å². The number of aryl methyl sites for hydroxylation is 1. The van der Waals surface area contributed by atoms with Crippen LogP contribution in [0.1, 0.15) is 0 Å². The highest BCUT2D eigenvalue weighted by Gasteiger charge is 2.21. The monoisotopic (exact) mass is 349 g/mol. The molecule has 7 heteroatoms. The third-order valence-electron chi connectivity index (χ3n) is 3.65. The Balaban J connectivity index is 1.75. The maximum absolute atomic E-state index is 11.9. The van der Waals surface area contributed by atoms with Crippen LogP contribution in [-0.4, -0.2) is 40.9 Å². The Hall–Kier alpha value is -1.89. The van der Waals surface area contributed by atoms with Crippen molar-refractivity contribution in [2.24, 2.45) is 7.05 Å². The van der Waals surface area contributed by atoms with E-state index in [0.717, 1.165) is 37.7 Å². The van der Waals surface area contributed by atoms with Gasteiger partial charge < -0.3 is 9.80 Å². The summed E-state index contributed by atoms with van der Waals surface area (Å²) in [5, 5.41) is 4.10. The Labute approximate surface area is 131 Å². The molecule has 2 aromatic rings. The van der Waals surface area contributed by atoms with Crippen molar-refractivity contribution in [3.05, 3.63) is 45.4 Å². The summed E-state index contributed by atoms with van der Waals surface area (Å²) in [7, 11) is 1.65. The summed E-state index contributed by atoms with van der Waals surface area (Å²) in [4.78, 5) is 20.7. The van der Waals surface area contributed by atoms with Crippen molar-refractivity contribution in [2.45, 2.75) is 0 Å². The molecule has 110 valence electrons. The van der Waals surface area contributed by atoms with Gasteiger partial charge in [0.1, 0.15) is 10.3 Å². The van der Waals surface area contributed by atoms with Gasteiger partial charge in [-0.3, -0.25) is 4.79 Å². The van der Waals surface area contributed by atoms with E-state index < -0.39 is 0 Å². The fraction of sp³-hybridized carbons (Fsp3) is 0.357. The van der Waals surface area contributed by atoms with E-state index in [9.17, 15) is 4.79 Å². The van der Waals surface area contributed by atoms with Crippen LogP contribution >= 0.6 is 15.9 Å². The van der Waals surface area contributed by atoms with E-state index in [-0.39, 0.29) is 5.56 Å². The van der Waals surface area contributed by atoms with Crippen LogP contribution in [0.4, 0.5) is 11.5 Å². The van der Waals surface area contributed by atoms with Gasteiger partial charge in [-0.1, -0.05) is 6.07 Å². The van der Waals surface area contributed by atoms with Gasteiger partial charge in [-0.05, 0) is 28.1 Å². The maximum Gasteiger partial charge on any atom is 0.282 e. The van der Waals surface area contributed by atoms with E-state index in [1.165, 1.54) is 4.68 Å². The van der Waals surface area contributed by atoms with Gasteiger partial charge in [0.05, 0.1) is 11.9 Å². The number of piperazine rings is 1. The maximum atomic E-state index is 11.9. The van der Waals surface area contributed by atoms with E-state index in [4.69, 9.17) is 0 Å². The SMILES string of the molecule is Cn1ncc(N2CCN(c3ccccn3)CC2)c(Br)c1=O. The molecule has 1 fully saturated rings. The first kappa shape index (κ1) is 14.1. The molecule has 0 amide bonds. The van der Waals surface area contributed by atoms with Crippen LogP contribution in [0.25, 0.3) is 0 Å². The highest BCUT2D eigenvalue weighted by molar-refractivity contribution is 9.10. The second-order valence-electron chi connectivity index (χ2n) is 4.93. The molecule has 0 radical (unpaired) electrons. The molecule has 0 unspecified atom stereocenters. The van der Waals surface area contributed by atoms with Crippen molar-refractivity contribution >= 4 is 27.4 Å². The number of nitrogens with zero attached hydrogens (tertiary/aromatic N) is 5. The summed E-state index contributed by atoms with van der Waals surface area (Å²) in [5.41, 5.74) is 0.749. The number of aromatic nitrogens is 3. The molecule has 0 aliphatic carbocycles. The molecule has 0 bridgehead atoms. The Morgan fingerprint density at radius 3 is 2.52 bits per heavy atom. The number of rotatable bonds is 2. The zero-order chi connectivity index (χ0) is 14.8. The van der Waals surface area contributed by atoms with Gasteiger partial charge in [0.25, 0.3) is 5.56 Å². The highest BCUT2D eigenvalue weighted by Crippen LogP contribution is 2.23. The van der Waals surface area contributed by atoms with E-state index in [2.05, 4.69) is 35.8 Å². The molecule has 3 heterocycles. The quantitative estimate of drug-likeness (QED) is 0.817. The van der Waals surface area contributed by atoms with Gasteiger partial charge in [-0.2, -0.15) is 5.10 Å². The number of hydrogen-bond acceptors (Lipinski definition) is 5. The molecule has 2 aromatic heterocycles. The van der Waals surface area contributed by atoms with Crippen molar-refractivity contribution < 1.29 is 0 Å². The number of pyridine rings is 1. The average molecular weight is 350 g/mol. The molecule has 1 saturated heterocycles. The summed E-state index contributed by atoms with van der Waals surface area (Å²) in [6.07, 6.45) is 3.55. The van der Waals surface area contributed by atoms with Crippen molar-refractivity contribution in [1.82, 2.24) is 14.8 Å². The lowest BCUT2D eigenvalue weighted by atomic mass is 10.2. The van der Waals surface area contributed by atoms with Gasteiger partial charge in [0, 0.05) is 39.4 Å². The largest absolute Gasteiger partial charge is 0.366 e. The third-order valence-corrected chi connectivity index (χ3v) is 4.40. The zero-order valence-corrected chi connectivity index (χ0v) is 13.3. The highest BCUT2D eigenvalue weighted by atomic mass is 79.9. The average Bonchev–Trinajstić information content (AvgIpc) is 2.54. The van der Waals surface area contributed by atoms with Crippen LogP contribution in [0.15, 0.2) is 39.9 Å².